The summed E-state index contributed by atoms with van der Waals surface area (Å²) >= 11 is 7.28. The van der Waals surface area contributed by atoms with Crippen LogP contribution in [0.15, 0.2) is 12.1 Å². The molecule has 0 aliphatic carbocycles. The number of aryl methyl sites for hydroxylation is 1. The quantitative estimate of drug-likeness (QED) is 0.853. The van der Waals surface area contributed by atoms with Crippen molar-refractivity contribution in [3.63, 3.8) is 0 Å². The van der Waals surface area contributed by atoms with Gasteiger partial charge in [-0.25, -0.2) is 0 Å². The van der Waals surface area contributed by atoms with Crippen molar-refractivity contribution in [2.75, 3.05) is 17.2 Å². The summed E-state index contributed by atoms with van der Waals surface area (Å²) in [4.78, 5) is 24.7. The normalized spacial score (nSPS) is 19.0. The second-order valence-electron chi connectivity index (χ2n) is 4.60. The van der Waals surface area contributed by atoms with E-state index in [1.807, 2.05) is 6.92 Å². The van der Waals surface area contributed by atoms with Crippen molar-refractivity contribution in [1.29, 1.82) is 0 Å². The van der Waals surface area contributed by atoms with Gasteiger partial charge in [-0.05, 0) is 24.6 Å². The average Bonchev–Trinajstić information content (AvgIpc) is 2.63. The van der Waals surface area contributed by atoms with E-state index in [0.29, 0.717) is 29.4 Å². The second kappa shape index (κ2) is 5.43. The predicted octanol–water partition coefficient (Wildman–Crippen LogP) is 2.62. The van der Waals surface area contributed by atoms with Gasteiger partial charge in [0.1, 0.15) is 0 Å². The van der Waals surface area contributed by atoms with Crippen LogP contribution in [0.25, 0.3) is 0 Å². The molecule has 6 heteroatoms. The smallest absolute Gasteiger partial charge is 0.228 e. The van der Waals surface area contributed by atoms with Crippen LogP contribution in [-0.4, -0.2) is 22.8 Å². The molecule has 2 N–H and O–H groups in total. The first-order chi connectivity index (χ1) is 8.88. The Hall–Kier alpha value is -1.20. The highest BCUT2D eigenvalue weighted by Crippen LogP contribution is 2.35. The number of rotatable bonds is 2. The Morgan fingerprint density at radius 2 is 2.21 bits per heavy atom. The Bertz CT molecular complexity index is 548. The molecule has 1 aromatic carbocycles. The monoisotopic (exact) mass is 298 g/mol. The summed E-state index contributed by atoms with van der Waals surface area (Å²) in [6, 6.07) is 3.47. The lowest BCUT2D eigenvalue weighted by molar-refractivity contribution is -0.117. The van der Waals surface area contributed by atoms with Crippen molar-refractivity contribution in [2.24, 2.45) is 0 Å². The van der Waals surface area contributed by atoms with E-state index in [0.717, 1.165) is 5.56 Å². The fourth-order valence-electron chi connectivity index (χ4n) is 2.15. The number of amides is 1. The molecular formula is C13H15ClN2O2S. The van der Waals surface area contributed by atoms with E-state index >= 15 is 0 Å². The maximum atomic E-state index is 12.0. The van der Waals surface area contributed by atoms with Gasteiger partial charge in [0.05, 0.1) is 11.4 Å². The minimum atomic E-state index is -0.0228. The summed E-state index contributed by atoms with van der Waals surface area (Å²) < 4.78 is 0. The minimum absolute atomic E-state index is 0.00974. The minimum Gasteiger partial charge on any atom is -0.397 e. The maximum absolute atomic E-state index is 12.0. The van der Waals surface area contributed by atoms with Crippen LogP contribution >= 0.6 is 23.4 Å². The molecule has 1 saturated heterocycles. The lowest BCUT2D eigenvalue weighted by Gasteiger charge is -2.19. The van der Waals surface area contributed by atoms with Crippen molar-refractivity contribution in [1.82, 2.24) is 0 Å². The third-order valence-electron chi connectivity index (χ3n) is 3.02. The largest absolute Gasteiger partial charge is 0.397 e. The molecule has 1 aliphatic heterocycles. The predicted molar refractivity (Wildman–Crippen MR) is 79.6 cm³/mol. The number of thioether (sulfide) groups is 1. The van der Waals surface area contributed by atoms with Gasteiger partial charge in [0.2, 0.25) is 5.91 Å². The molecule has 1 amide bonds. The van der Waals surface area contributed by atoms with E-state index in [4.69, 9.17) is 17.3 Å². The van der Waals surface area contributed by atoms with Gasteiger partial charge in [-0.2, -0.15) is 0 Å². The van der Waals surface area contributed by atoms with Gasteiger partial charge in [-0.15, -0.1) is 0 Å². The maximum Gasteiger partial charge on any atom is 0.228 e. The number of hydrogen-bond acceptors (Lipinski definition) is 4. The van der Waals surface area contributed by atoms with Crippen molar-refractivity contribution in [3.05, 3.63) is 22.7 Å². The van der Waals surface area contributed by atoms with Gasteiger partial charge in [-0.1, -0.05) is 23.4 Å². The zero-order chi connectivity index (χ0) is 14.2. The molecule has 19 heavy (non-hydrogen) atoms. The molecular weight excluding hydrogens is 284 g/mol. The number of carbonyl (C=O) groups is 2. The summed E-state index contributed by atoms with van der Waals surface area (Å²) in [5.74, 6) is -0.0228. The molecule has 1 unspecified atom stereocenters. The first-order valence-corrected chi connectivity index (χ1v) is 7.17. The fraction of sp³-hybridized carbons (Fsp3) is 0.385. The van der Waals surface area contributed by atoms with Crippen LogP contribution in [0.3, 0.4) is 0 Å². The molecule has 102 valence electrons. The van der Waals surface area contributed by atoms with Crippen molar-refractivity contribution in [2.45, 2.75) is 25.5 Å². The Kier molecular flexibility index (Phi) is 4.06. The molecule has 1 fully saturated rings. The molecule has 4 nitrogen and oxygen atoms in total. The topological polar surface area (TPSA) is 63.4 Å². The number of halogens is 1. The summed E-state index contributed by atoms with van der Waals surface area (Å²) in [5, 5.41) is 0.596. The highest BCUT2D eigenvalue weighted by atomic mass is 35.5. The molecule has 0 radical (unpaired) electrons. The molecule has 0 bridgehead atoms. The number of nitrogens with zero attached hydrogens (tertiary/aromatic N) is 1. The van der Waals surface area contributed by atoms with E-state index in [2.05, 4.69) is 0 Å². The van der Waals surface area contributed by atoms with E-state index in [1.165, 1.54) is 18.7 Å². The fourth-order valence-corrected chi connectivity index (χ4v) is 3.23. The molecule has 2 rings (SSSR count). The van der Waals surface area contributed by atoms with Gasteiger partial charge in [0.15, 0.2) is 5.12 Å². The van der Waals surface area contributed by atoms with Gasteiger partial charge in [0, 0.05) is 30.2 Å². The highest BCUT2D eigenvalue weighted by Gasteiger charge is 2.33. The number of carbonyl (C=O) groups excluding carboxylic acids is 2. The van der Waals surface area contributed by atoms with Crippen molar-refractivity contribution < 1.29 is 9.59 Å². The Balaban J connectivity index is 2.25. The third kappa shape index (κ3) is 3.04. The number of benzene rings is 1. The average molecular weight is 299 g/mol. The second-order valence-corrected chi connectivity index (χ2v) is 6.48. The van der Waals surface area contributed by atoms with E-state index in [9.17, 15) is 9.59 Å². The standard InChI is InChI=1S/C13H15ClN2O2S/c1-7-3-11(15)12(5-10(7)14)16-6-9(4-13(16)18)19-8(2)17/h3,5,9H,4,6,15H2,1-2H3. The van der Waals surface area contributed by atoms with E-state index in [-0.39, 0.29) is 16.3 Å². The van der Waals surface area contributed by atoms with Crippen LogP contribution in [0.5, 0.6) is 0 Å². The molecule has 1 aromatic rings. The SMILES string of the molecule is CC(=O)SC1CC(=O)N(c2cc(Cl)c(C)cc2N)C1. The van der Waals surface area contributed by atoms with Crippen molar-refractivity contribution >= 4 is 45.8 Å². The van der Waals surface area contributed by atoms with Crippen LogP contribution < -0.4 is 10.6 Å². The molecule has 1 heterocycles. The summed E-state index contributed by atoms with van der Waals surface area (Å²) in [6.45, 7) is 3.87. The molecule has 0 saturated carbocycles. The van der Waals surface area contributed by atoms with Crippen LogP contribution in [0.2, 0.25) is 5.02 Å². The first-order valence-electron chi connectivity index (χ1n) is 5.91. The number of nitrogens with two attached hydrogens (primary N) is 1. The van der Waals surface area contributed by atoms with Crippen LogP contribution in [-0.2, 0) is 9.59 Å². The molecule has 1 atom stereocenters. The number of nitrogen functional groups attached to an aromatic ring is 1. The summed E-state index contributed by atoms with van der Waals surface area (Å²) in [6.07, 6.45) is 0.356. The van der Waals surface area contributed by atoms with Gasteiger partial charge >= 0.3 is 0 Å². The van der Waals surface area contributed by atoms with Crippen molar-refractivity contribution in [3.8, 4) is 0 Å². The lowest BCUT2D eigenvalue weighted by Crippen LogP contribution is -2.26. The van der Waals surface area contributed by atoms with E-state index < -0.39 is 0 Å². The number of hydrogen-bond donors (Lipinski definition) is 1. The lowest BCUT2D eigenvalue weighted by atomic mass is 10.2. The van der Waals surface area contributed by atoms with Crippen LogP contribution in [0, 0.1) is 6.92 Å². The summed E-state index contributed by atoms with van der Waals surface area (Å²) in [7, 11) is 0. The Morgan fingerprint density at radius 1 is 1.53 bits per heavy atom. The summed E-state index contributed by atoms with van der Waals surface area (Å²) in [5.41, 5.74) is 7.99. The highest BCUT2D eigenvalue weighted by molar-refractivity contribution is 8.14. The van der Waals surface area contributed by atoms with Crippen LogP contribution in [0.1, 0.15) is 18.9 Å². The van der Waals surface area contributed by atoms with E-state index in [1.54, 1.807) is 17.0 Å². The molecule has 0 spiro atoms. The first kappa shape index (κ1) is 14.2. The zero-order valence-corrected chi connectivity index (χ0v) is 12.3. The van der Waals surface area contributed by atoms with Crippen LogP contribution in [0.4, 0.5) is 11.4 Å². The van der Waals surface area contributed by atoms with Gasteiger partial charge in [0.25, 0.3) is 0 Å². The molecule has 1 aliphatic rings. The van der Waals surface area contributed by atoms with Gasteiger partial charge < -0.3 is 10.6 Å². The third-order valence-corrected chi connectivity index (χ3v) is 4.41. The van der Waals surface area contributed by atoms with Gasteiger partial charge in [-0.3, -0.25) is 9.59 Å². The Labute approximate surface area is 121 Å². The number of anilines is 2. The zero-order valence-electron chi connectivity index (χ0n) is 10.8. The Morgan fingerprint density at radius 3 is 2.84 bits per heavy atom. The molecule has 0 aromatic heterocycles.